The highest BCUT2D eigenvalue weighted by Gasteiger charge is 2.26. The molecule has 0 saturated carbocycles. The Morgan fingerprint density at radius 1 is 1.27 bits per heavy atom. The molecule has 22 heavy (non-hydrogen) atoms. The molecular weight excluding hydrogens is 284 g/mol. The van der Waals surface area contributed by atoms with Crippen LogP contribution in [0.15, 0.2) is 10.7 Å². The Hall–Kier alpha value is -1.89. The Morgan fingerprint density at radius 2 is 2.18 bits per heavy atom. The van der Waals surface area contributed by atoms with E-state index in [2.05, 4.69) is 20.9 Å². The van der Waals surface area contributed by atoms with Crippen LogP contribution in [-0.4, -0.2) is 42.5 Å². The predicted octanol–water partition coefficient (Wildman–Crippen LogP) is 0.540. The number of piperidine rings is 1. The lowest BCUT2D eigenvalue weighted by Gasteiger charge is -2.19. The summed E-state index contributed by atoms with van der Waals surface area (Å²) >= 11 is 0. The molecule has 2 amide bonds. The minimum Gasteiger partial charge on any atom is -0.448 e. The summed E-state index contributed by atoms with van der Waals surface area (Å²) in [5, 5.41) is 8.85. The van der Waals surface area contributed by atoms with Crippen LogP contribution in [0.4, 0.5) is 0 Å². The van der Waals surface area contributed by atoms with E-state index in [0.717, 1.165) is 38.8 Å². The molecule has 0 radical (unpaired) electrons. The molecule has 7 nitrogen and oxygen atoms in total. The highest BCUT2D eigenvalue weighted by molar-refractivity contribution is 5.95. The van der Waals surface area contributed by atoms with Crippen molar-refractivity contribution < 1.29 is 14.0 Å². The lowest BCUT2D eigenvalue weighted by Crippen LogP contribution is -2.45. The molecule has 3 N–H and O–H groups in total. The second-order valence-corrected chi connectivity index (χ2v) is 5.93. The molecule has 2 atom stereocenters. The summed E-state index contributed by atoms with van der Waals surface area (Å²) in [5.74, 6) is 0.353. The van der Waals surface area contributed by atoms with Crippen LogP contribution < -0.4 is 16.0 Å². The van der Waals surface area contributed by atoms with E-state index in [0.29, 0.717) is 18.9 Å². The Bertz CT molecular complexity index is 537. The number of amides is 2. The zero-order valence-corrected chi connectivity index (χ0v) is 12.6. The Morgan fingerprint density at radius 3 is 3.00 bits per heavy atom. The molecule has 1 aromatic heterocycles. The second-order valence-electron chi connectivity index (χ2n) is 5.93. The van der Waals surface area contributed by atoms with E-state index in [1.807, 2.05) is 0 Å². The number of carbonyl (C=O) groups excluding carboxylic acids is 2. The van der Waals surface area contributed by atoms with Crippen molar-refractivity contribution in [1.29, 1.82) is 0 Å². The standard InChI is InChI=1S/C15H22N4O3/c20-13-11(5-1-2-7-17-13)18-14(21)12-9-22-15(19-12)10-4-3-6-16-8-10/h9-11,16H,1-8H2,(H,17,20)(H,18,21). The third-order valence-corrected chi connectivity index (χ3v) is 4.24. The Labute approximate surface area is 129 Å². The molecule has 2 aliphatic rings. The molecule has 2 fully saturated rings. The number of oxazole rings is 1. The maximum absolute atomic E-state index is 12.2. The van der Waals surface area contributed by atoms with Crippen molar-refractivity contribution in [3.63, 3.8) is 0 Å². The van der Waals surface area contributed by atoms with Crippen LogP contribution >= 0.6 is 0 Å². The first-order valence-corrected chi connectivity index (χ1v) is 7.99. The fraction of sp³-hybridized carbons (Fsp3) is 0.667. The SMILES string of the molecule is O=C(NC1CCCCNC1=O)c1coc(C2CCCNC2)n1. The van der Waals surface area contributed by atoms with Crippen LogP contribution in [0.25, 0.3) is 0 Å². The van der Waals surface area contributed by atoms with Gasteiger partial charge in [0.05, 0.1) is 0 Å². The number of rotatable bonds is 3. The zero-order chi connectivity index (χ0) is 15.4. The minimum atomic E-state index is -0.480. The fourth-order valence-electron chi connectivity index (χ4n) is 2.95. The van der Waals surface area contributed by atoms with Crippen molar-refractivity contribution >= 4 is 11.8 Å². The number of nitrogens with one attached hydrogen (secondary N) is 3. The van der Waals surface area contributed by atoms with Gasteiger partial charge in [0.2, 0.25) is 5.91 Å². The van der Waals surface area contributed by atoms with Gasteiger partial charge in [-0.25, -0.2) is 4.98 Å². The molecule has 0 bridgehead atoms. The third kappa shape index (κ3) is 3.47. The highest BCUT2D eigenvalue weighted by Crippen LogP contribution is 2.22. The maximum Gasteiger partial charge on any atom is 0.273 e. The van der Waals surface area contributed by atoms with E-state index < -0.39 is 6.04 Å². The second kappa shape index (κ2) is 6.91. The van der Waals surface area contributed by atoms with Gasteiger partial charge in [-0.3, -0.25) is 9.59 Å². The summed E-state index contributed by atoms with van der Waals surface area (Å²) in [7, 11) is 0. The van der Waals surface area contributed by atoms with Crippen LogP contribution in [0, 0.1) is 0 Å². The molecule has 0 aliphatic carbocycles. The van der Waals surface area contributed by atoms with Gasteiger partial charge in [0.25, 0.3) is 5.91 Å². The van der Waals surface area contributed by atoms with Crippen LogP contribution in [0.3, 0.4) is 0 Å². The number of carbonyl (C=O) groups is 2. The normalized spacial score (nSPS) is 26.1. The van der Waals surface area contributed by atoms with Crippen molar-refractivity contribution in [2.24, 2.45) is 0 Å². The van der Waals surface area contributed by atoms with E-state index in [-0.39, 0.29) is 23.4 Å². The monoisotopic (exact) mass is 306 g/mol. The summed E-state index contributed by atoms with van der Waals surface area (Å²) in [6, 6.07) is -0.480. The van der Waals surface area contributed by atoms with Crippen LogP contribution in [-0.2, 0) is 4.79 Å². The molecule has 2 unspecified atom stereocenters. The van der Waals surface area contributed by atoms with Gasteiger partial charge in [-0.1, -0.05) is 0 Å². The van der Waals surface area contributed by atoms with E-state index in [1.54, 1.807) is 0 Å². The van der Waals surface area contributed by atoms with Crippen molar-refractivity contribution in [3.8, 4) is 0 Å². The average Bonchev–Trinajstić information content (AvgIpc) is 2.96. The number of hydrogen-bond donors (Lipinski definition) is 3. The number of hydrogen-bond acceptors (Lipinski definition) is 5. The zero-order valence-electron chi connectivity index (χ0n) is 12.6. The van der Waals surface area contributed by atoms with Crippen molar-refractivity contribution in [2.75, 3.05) is 19.6 Å². The Kier molecular flexibility index (Phi) is 4.72. The van der Waals surface area contributed by atoms with E-state index in [4.69, 9.17) is 4.42 Å². The molecule has 7 heteroatoms. The lowest BCUT2D eigenvalue weighted by atomic mass is 10.00. The summed E-state index contributed by atoms with van der Waals surface area (Å²) in [6.07, 6.45) is 6.00. The van der Waals surface area contributed by atoms with E-state index >= 15 is 0 Å². The van der Waals surface area contributed by atoms with Crippen molar-refractivity contribution in [3.05, 3.63) is 17.8 Å². The molecule has 1 aromatic rings. The van der Waals surface area contributed by atoms with Crippen LogP contribution in [0.2, 0.25) is 0 Å². The quantitative estimate of drug-likeness (QED) is 0.757. The summed E-state index contributed by atoms with van der Waals surface area (Å²) in [4.78, 5) is 28.4. The molecular formula is C15H22N4O3. The summed E-state index contributed by atoms with van der Waals surface area (Å²) in [5.41, 5.74) is 0.248. The topological polar surface area (TPSA) is 96.3 Å². The minimum absolute atomic E-state index is 0.119. The van der Waals surface area contributed by atoms with Gasteiger partial charge in [-0.15, -0.1) is 0 Å². The van der Waals surface area contributed by atoms with Crippen molar-refractivity contribution in [1.82, 2.24) is 20.9 Å². The first-order valence-electron chi connectivity index (χ1n) is 7.99. The molecule has 2 aliphatic heterocycles. The van der Waals surface area contributed by atoms with Gasteiger partial charge < -0.3 is 20.4 Å². The first-order chi connectivity index (χ1) is 10.7. The first kappa shape index (κ1) is 15.0. The van der Waals surface area contributed by atoms with Gasteiger partial charge >= 0.3 is 0 Å². The van der Waals surface area contributed by atoms with E-state index in [1.165, 1.54) is 6.26 Å². The number of nitrogens with zero attached hydrogens (tertiary/aromatic N) is 1. The van der Waals surface area contributed by atoms with Gasteiger partial charge in [0.1, 0.15) is 12.3 Å². The largest absolute Gasteiger partial charge is 0.448 e. The molecule has 120 valence electrons. The fourth-order valence-corrected chi connectivity index (χ4v) is 2.95. The van der Waals surface area contributed by atoms with Gasteiger partial charge in [-0.2, -0.15) is 0 Å². The molecule has 0 aromatic carbocycles. The van der Waals surface area contributed by atoms with Crippen LogP contribution in [0.5, 0.6) is 0 Å². The van der Waals surface area contributed by atoms with Crippen molar-refractivity contribution in [2.45, 2.75) is 44.1 Å². The Balaban J connectivity index is 1.62. The highest BCUT2D eigenvalue weighted by atomic mass is 16.3. The van der Waals surface area contributed by atoms with Crippen LogP contribution in [0.1, 0.15) is 54.4 Å². The van der Waals surface area contributed by atoms with Gasteiger partial charge in [-0.05, 0) is 38.6 Å². The predicted molar refractivity (Wildman–Crippen MR) is 79.5 cm³/mol. The lowest BCUT2D eigenvalue weighted by molar-refractivity contribution is -0.122. The molecule has 3 rings (SSSR count). The smallest absolute Gasteiger partial charge is 0.273 e. The molecule has 2 saturated heterocycles. The summed E-state index contributed by atoms with van der Waals surface area (Å²) < 4.78 is 5.45. The average molecular weight is 306 g/mol. The van der Waals surface area contributed by atoms with E-state index in [9.17, 15) is 9.59 Å². The maximum atomic E-state index is 12.2. The number of aromatic nitrogens is 1. The molecule has 0 spiro atoms. The van der Waals surface area contributed by atoms with Gasteiger partial charge in [0, 0.05) is 19.0 Å². The summed E-state index contributed by atoms with van der Waals surface area (Å²) in [6.45, 7) is 2.52. The third-order valence-electron chi connectivity index (χ3n) is 4.24. The molecule has 3 heterocycles. The van der Waals surface area contributed by atoms with Gasteiger partial charge in [0.15, 0.2) is 11.6 Å².